The summed E-state index contributed by atoms with van der Waals surface area (Å²) in [4.78, 5) is 82.1. The predicted octanol–water partition coefficient (Wildman–Crippen LogP) is 0.283. The highest BCUT2D eigenvalue weighted by molar-refractivity contribution is 5.85. The number of hydrogen-bond acceptors (Lipinski definition) is 19. The van der Waals surface area contributed by atoms with Crippen LogP contribution in [0.3, 0.4) is 0 Å². The SMILES string of the molecule is COC(=O)[C@@H](OC(C)=O)[C@@H]1[C@]2(C)C[C@@]3(O)[C@@](OC(=O)C(C)C)([C@@H]2OC(C)=O)[C@@H]2O[C@]4(C)O[C@]5([C@@H](O)[C@@H](O)[C@@]67C[C@@]6([C@H](OC(C)=O)C(=O)O[C@@H]7c6ccoc6)[C@]25O4)[C@@]13C. The van der Waals surface area contributed by atoms with Crippen molar-refractivity contribution < 1.29 is 91.1 Å². The molecule has 17 atom stereocenters. The van der Waals surface area contributed by atoms with Gasteiger partial charge in [0.15, 0.2) is 6.10 Å². The van der Waals surface area contributed by atoms with Crippen LogP contribution in [0.25, 0.3) is 0 Å². The lowest BCUT2D eigenvalue weighted by Crippen LogP contribution is -2.97. The molecule has 0 aromatic carbocycles. The average Bonchev–Trinajstić information content (AvgIpc) is 3.48. The Labute approximate surface area is 330 Å². The van der Waals surface area contributed by atoms with Gasteiger partial charge in [-0.2, -0.15) is 0 Å². The van der Waals surface area contributed by atoms with Crippen molar-refractivity contribution in [3.05, 3.63) is 24.2 Å². The van der Waals surface area contributed by atoms with Gasteiger partial charge in [-0.05, 0) is 18.9 Å². The molecule has 1 aromatic rings. The minimum absolute atomic E-state index is 0.248. The number of hydrogen-bond donors (Lipinski definition) is 3. The monoisotopic (exact) mass is 818 g/mol. The van der Waals surface area contributed by atoms with Crippen LogP contribution in [0.2, 0.25) is 0 Å². The van der Waals surface area contributed by atoms with Gasteiger partial charge in [0.2, 0.25) is 17.8 Å². The predicted molar refractivity (Wildman–Crippen MR) is 182 cm³/mol. The van der Waals surface area contributed by atoms with Gasteiger partial charge in [0.05, 0.1) is 42.5 Å². The largest absolute Gasteiger partial charge is 0.472 e. The highest BCUT2D eigenvalue weighted by Gasteiger charge is 3.11. The zero-order valence-electron chi connectivity index (χ0n) is 33.2. The van der Waals surface area contributed by atoms with Crippen molar-refractivity contribution in [1.29, 1.82) is 0 Å². The van der Waals surface area contributed by atoms with Crippen LogP contribution >= 0.6 is 0 Å². The van der Waals surface area contributed by atoms with E-state index < -0.39 is 147 Å². The van der Waals surface area contributed by atoms with E-state index in [0.717, 1.165) is 27.9 Å². The van der Waals surface area contributed by atoms with E-state index in [2.05, 4.69) is 0 Å². The molecule has 19 heteroatoms. The Bertz CT molecular complexity index is 2070. The number of aliphatic hydroxyl groups is 3. The van der Waals surface area contributed by atoms with Gasteiger partial charge in [-0.25, -0.2) is 9.59 Å². The lowest BCUT2D eigenvalue weighted by Gasteiger charge is -2.77. The summed E-state index contributed by atoms with van der Waals surface area (Å²) < 4.78 is 61.5. The molecule has 4 bridgehead atoms. The van der Waals surface area contributed by atoms with Crippen LogP contribution in [0.15, 0.2) is 23.0 Å². The molecular weight excluding hydrogens is 772 g/mol. The van der Waals surface area contributed by atoms with Crippen molar-refractivity contribution in [3.8, 4) is 0 Å². The number of fused-ring (bicyclic) bond motifs is 3. The molecule has 58 heavy (non-hydrogen) atoms. The third-order valence-corrected chi connectivity index (χ3v) is 15.3. The lowest BCUT2D eigenvalue weighted by molar-refractivity contribution is -0.472. The molecule has 0 radical (unpaired) electrons. The minimum Gasteiger partial charge on any atom is -0.472 e. The minimum atomic E-state index is -2.60. The van der Waals surface area contributed by atoms with Gasteiger partial charge < -0.3 is 62.4 Å². The molecule has 5 saturated carbocycles. The highest BCUT2D eigenvalue weighted by Crippen LogP contribution is 2.95. The summed E-state index contributed by atoms with van der Waals surface area (Å²) in [5, 5.41) is 40.1. The van der Waals surface area contributed by atoms with Crippen molar-refractivity contribution in [3.63, 3.8) is 0 Å². The zero-order chi connectivity index (χ0) is 42.3. The van der Waals surface area contributed by atoms with Gasteiger partial charge >= 0.3 is 35.8 Å². The Morgan fingerprint density at radius 2 is 1.55 bits per heavy atom. The number of esters is 6. The quantitative estimate of drug-likeness (QED) is 0.235. The Hall–Kier alpha value is -4.14. The Balaban J connectivity index is 1.45. The second-order valence-corrected chi connectivity index (χ2v) is 18.1. The maximum atomic E-state index is 14.5. The third-order valence-electron chi connectivity index (χ3n) is 15.3. The number of carbonyl (C=O) groups is 6. The molecule has 0 unspecified atom stereocenters. The number of aliphatic hydroxyl groups excluding tert-OH is 2. The van der Waals surface area contributed by atoms with Crippen LogP contribution in [0, 0.1) is 33.5 Å². The van der Waals surface area contributed by atoms with Gasteiger partial charge in [0.25, 0.3) is 5.97 Å². The smallest absolute Gasteiger partial charge is 0.348 e. The molecule has 3 N–H and O–H groups in total. The average molecular weight is 819 g/mol. The molecule has 5 aliphatic carbocycles. The van der Waals surface area contributed by atoms with Crippen LogP contribution in [-0.4, -0.2) is 123 Å². The van der Waals surface area contributed by atoms with Gasteiger partial charge in [0, 0.05) is 50.0 Å². The van der Waals surface area contributed by atoms with Gasteiger partial charge in [-0.15, -0.1) is 0 Å². The Kier molecular flexibility index (Phi) is 7.57. The first-order valence-electron chi connectivity index (χ1n) is 19.2. The zero-order valence-corrected chi connectivity index (χ0v) is 33.2. The van der Waals surface area contributed by atoms with Crippen molar-refractivity contribution in [2.75, 3.05) is 7.11 Å². The van der Waals surface area contributed by atoms with Crippen molar-refractivity contribution in [1.82, 2.24) is 0 Å². The van der Waals surface area contributed by atoms with Gasteiger partial charge in [0.1, 0.15) is 35.1 Å². The molecule has 3 saturated heterocycles. The standard InChI is InChI=1S/C39H46O19/c1-15(2)26(45)55-37-29(53-18(5)42)31(6)13-36(37,48)32(7,21(31)20(27(46)49-9)51-16(3)40)38-23(44)22(43)34-14-35(34,39(38)30(37)56-33(8,57-38)58-39)25(52-17(4)41)28(47)54-24(34)19-10-11-50-12-19/h10-12,15,20-25,29-30,43-44,48H,13-14H2,1-9H3/t20-,21+,22+,23-,24+,25+,29+,30-,31-,32-,33+,34+,35-,36-,37+,38+,39+/m0/s1. The maximum Gasteiger partial charge on any atom is 0.348 e. The van der Waals surface area contributed by atoms with E-state index in [1.165, 1.54) is 53.2 Å². The summed E-state index contributed by atoms with van der Waals surface area (Å²) in [7, 11) is 1.04. The van der Waals surface area contributed by atoms with Crippen molar-refractivity contribution >= 4 is 35.8 Å². The van der Waals surface area contributed by atoms with E-state index in [-0.39, 0.29) is 12.0 Å². The first kappa shape index (κ1) is 39.3. The molecule has 19 nitrogen and oxygen atoms in total. The van der Waals surface area contributed by atoms with E-state index in [9.17, 15) is 44.1 Å². The molecule has 8 fully saturated rings. The lowest BCUT2D eigenvalue weighted by atomic mass is 9.33. The first-order chi connectivity index (χ1) is 26.9. The summed E-state index contributed by atoms with van der Waals surface area (Å²) in [6.07, 6.45) is -11.3. The van der Waals surface area contributed by atoms with E-state index in [4.69, 9.17) is 47.0 Å². The van der Waals surface area contributed by atoms with Crippen LogP contribution in [0.4, 0.5) is 0 Å². The van der Waals surface area contributed by atoms with Crippen molar-refractivity contribution in [2.45, 2.75) is 139 Å². The number of furan rings is 1. The number of ether oxygens (including phenoxy) is 9. The van der Waals surface area contributed by atoms with Gasteiger partial charge in [-0.3, -0.25) is 19.2 Å². The molecule has 9 rings (SSSR count). The first-order valence-corrected chi connectivity index (χ1v) is 19.2. The third kappa shape index (κ3) is 3.68. The fourth-order valence-electron chi connectivity index (χ4n) is 14.1. The van der Waals surface area contributed by atoms with Crippen LogP contribution in [0.5, 0.6) is 0 Å². The van der Waals surface area contributed by atoms with E-state index in [1.807, 2.05) is 0 Å². The van der Waals surface area contributed by atoms with Crippen molar-refractivity contribution in [2.24, 2.45) is 33.5 Å². The second kappa shape index (κ2) is 11.2. The van der Waals surface area contributed by atoms with E-state index in [0.29, 0.717) is 0 Å². The summed E-state index contributed by atoms with van der Waals surface area (Å²) in [6.45, 7) is 10.5. The molecular formula is C39H46O19. The fourth-order valence-corrected chi connectivity index (χ4v) is 14.1. The second-order valence-electron chi connectivity index (χ2n) is 18.1. The number of rotatable bonds is 8. The normalized spacial score (nSPS) is 51.1. The van der Waals surface area contributed by atoms with Crippen LogP contribution < -0.4 is 0 Å². The van der Waals surface area contributed by atoms with Gasteiger partial charge in [-0.1, -0.05) is 27.7 Å². The highest BCUT2D eigenvalue weighted by atomic mass is 17.0. The maximum absolute atomic E-state index is 14.5. The number of cyclic esters (lactones) is 1. The molecule has 1 spiro atoms. The number of methoxy groups -OCH3 is 1. The molecule has 1 aromatic heterocycles. The molecule has 4 heterocycles. The number of carbonyl (C=O) groups excluding carboxylic acids is 6. The molecule has 0 amide bonds. The summed E-state index contributed by atoms with van der Waals surface area (Å²) in [5.41, 5.74) is -17.8. The summed E-state index contributed by atoms with van der Waals surface area (Å²) in [5.74, 6) is -10.7. The van der Waals surface area contributed by atoms with Crippen LogP contribution in [-0.2, 0) is 71.4 Å². The molecule has 8 aliphatic rings. The molecule has 3 aliphatic heterocycles. The van der Waals surface area contributed by atoms with E-state index >= 15 is 0 Å². The Morgan fingerprint density at radius 1 is 0.897 bits per heavy atom. The molecule has 316 valence electrons. The topological polar surface area (TPSA) is 259 Å². The summed E-state index contributed by atoms with van der Waals surface area (Å²) in [6, 6.07) is 1.48. The fraction of sp³-hybridized carbons (Fsp3) is 0.744. The summed E-state index contributed by atoms with van der Waals surface area (Å²) >= 11 is 0. The Morgan fingerprint density at radius 3 is 2.12 bits per heavy atom. The van der Waals surface area contributed by atoms with Crippen LogP contribution in [0.1, 0.15) is 79.9 Å². The van der Waals surface area contributed by atoms with E-state index in [1.54, 1.807) is 0 Å².